The van der Waals surface area contributed by atoms with Crippen molar-refractivity contribution in [1.29, 1.82) is 0 Å². The highest BCUT2D eigenvalue weighted by atomic mass is 35.5. The van der Waals surface area contributed by atoms with Crippen LogP contribution in [-0.2, 0) is 6.42 Å². The van der Waals surface area contributed by atoms with Crippen LogP contribution in [0.2, 0.25) is 0 Å². The van der Waals surface area contributed by atoms with E-state index in [9.17, 15) is 9.18 Å². The highest BCUT2D eigenvalue weighted by Gasteiger charge is 2.01. The lowest BCUT2D eigenvalue weighted by atomic mass is 10.1. The van der Waals surface area contributed by atoms with Gasteiger partial charge in [0.05, 0.1) is 0 Å². The Hall–Kier alpha value is -1.33. The molecule has 1 aromatic carbocycles. The number of carbonyl (C=O) groups is 1. The van der Waals surface area contributed by atoms with Gasteiger partial charge in [0.15, 0.2) is 0 Å². The van der Waals surface area contributed by atoms with E-state index in [0.717, 1.165) is 0 Å². The molecule has 0 aliphatic rings. The fourth-order valence-corrected chi connectivity index (χ4v) is 1.06. The van der Waals surface area contributed by atoms with Gasteiger partial charge in [-0.25, -0.2) is 15.0 Å². The normalized spacial score (nSPS) is 8.93. The number of hydrogen-bond donors (Lipinski definition) is 3. The van der Waals surface area contributed by atoms with E-state index in [-0.39, 0.29) is 18.2 Å². The minimum Gasteiger partial charge on any atom is -0.337 e. The van der Waals surface area contributed by atoms with Gasteiger partial charge in [-0.05, 0) is 18.1 Å². The van der Waals surface area contributed by atoms with Crippen LogP contribution in [0.5, 0.6) is 0 Å². The van der Waals surface area contributed by atoms with Crippen molar-refractivity contribution < 1.29 is 9.18 Å². The van der Waals surface area contributed by atoms with Gasteiger partial charge in [0.25, 0.3) is 0 Å². The Morgan fingerprint density at radius 1 is 1.40 bits per heavy atom. The maximum Gasteiger partial charge on any atom is 0.328 e. The van der Waals surface area contributed by atoms with Crippen LogP contribution in [0.15, 0.2) is 24.3 Å². The first-order valence-electron chi connectivity index (χ1n) is 4.22. The number of nitrogens with two attached hydrogens (primary N) is 1. The maximum atomic E-state index is 13.0. The Bertz CT molecular complexity index is 322. The maximum absolute atomic E-state index is 13.0. The van der Waals surface area contributed by atoms with Gasteiger partial charge in [0.2, 0.25) is 0 Å². The summed E-state index contributed by atoms with van der Waals surface area (Å²) < 4.78 is 13.0. The van der Waals surface area contributed by atoms with Crippen LogP contribution in [-0.4, -0.2) is 12.6 Å². The summed E-state index contributed by atoms with van der Waals surface area (Å²) in [5.41, 5.74) is 2.50. The minimum absolute atomic E-state index is 0. The van der Waals surface area contributed by atoms with Crippen molar-refractivity contribution >= 4 is 18.4 Å². The number of benzene rings is 1. The van der Waals surface area contributed by atoms with Crippen molar-refractivity contribution in [3.8, 4) is 0 Å². The summed E-state index contributed by atoms with van der Waals surface area (Å²) in [7, 11) is 0. The number of hydrogen-bond acceptors (Lipinski definition) is 2. The topological polar surface area (TPSA) is 67.1 Å². The lowest BCUT2D eigenvalue weighted by molar-refractivity contribution is 0.241. The molecule has 0 saturated carbocycles. The first-order valence-corrected chi connectivity index (χ1v) is 4.22. The number of amides is 2. The van der Waals surface area contributed by atoms with Gasteiger partial charge in [-0.1, -0.05) is 18.2 Å². The molecule has 4 nitrogen and oxygen atoms in total. The highest BCUT2D eigenvalue weighted by molar-refractivity contribution is 5.85. The molecule has 6 heteroatoms. The molecule has 0 saturated heterocycles. The summed E-state index contributed by atoms with van der Waals surface area (Å²) in [5, 5.41) is 2.47. The van der Waals surface area contributed by atoms with Crippen molar-refractivity contribution in [2.24, 2.45) is 5.84 Å². The average molecular weight is 234 g/mol. The summed E-state index contributed by atoms with van der Waals surface area (Å²) in [6.45, 7) is 0.351. The number of rotatable bonds is 3. The predicted octanol–water partition coefficient (Wildman–Crippen LogP) is 0.963. The van der Waals surface area contributed by atoms with E-state index >= 15 is 0 Å². The third kappa shape index (κ3) is 4.62. The second-order valence-electron chi connectivity index (χ2n) is 2.74. The van der Waals surface area contributed by atoms with Crippen molar-refractivity contribution in [2.45, 2.75) is 6.42 Å². The summed E-state index contributed by atoms with van der Waals surface area (Å²) in [6.07, 6.45) is 0.445. The Morgan fingerprint density at radius 3 is 2.67 bits per heavy atom. The Labute approximate surface area is 93.4 Å². The number of nitrogens with one attached hydrogen (secondary N) is 2. The van der Waals surface area contributed by atoms with Gasteiger partial charge in [-0.2, -0.15) is 0 Å². The number of hydrazine groups is 1. The number of carbonyl (C=O) groups excluding carboxylic acids is 1. The molecule has 4 N–H and O–H groups in total. The second-order valence-corrected chi connectivity index (χ2v) is 2.74. The molecule has 0 spiro atoms. The van der Waals surface area contributed by atoms with Crippen LogP contribution in [0.1, 0.15) is 5.56 Å². The van der Waals surface area contributed by atoms with Crippen LogP contribution in [0.3, 0.4) is 0 Å². The van der Waals surface area contributed by atoms with Crippen molar-refractivity contribution in [3.63, 3.8) is 0 Å². The van der Waals surface area contributed by atoms with Crippen molar-refractivity contribution in [2.75, 3.05) is 6.54 Å². The van der Waals surface area contributed by atoms with Crippen LogP contribution in [0.25, 0.3) is 0 Å². The van der Waals surface area contributed by atoms with Crippen molar-refractivity contribution in [3.05, 3.63) is 35.6 Å². The Balaban J connectivity index is 0.00000196. The quantitative estimate of drug-likeness (QED) is 0.414. The molecule has 0 aromatic heterocycles. The molecular formula is C9H13ClFN3O. The first kappa shape index (κ1) is 13.7. The summed E-state index contributed by atoms with van der Waals surface area (Å²) in [4.78, 5) is 10.6. The molecule has 1 aromatic rings. The zero-order valence-electron chi connectivity index (χ0n) is 8.00. The molecular weight excluding hydrogens is 221 g/mol. The molecule has 15 heavy (non-hydrogen) atoms. The molecule has 0 fully saturated rings. The van der Waals surface area contributed by atoms with Crippen LogP contribution in [0.4, 0.5) is 9.18 Å². The molecule has 0 heterocycles. The molecule has 0 unspecified atom stereocenters. The number of halogens is 2. The summed E-state index contributed by atoms with van der Waals surface area (Å²) >= 11 is 0. The third-order valence-electron chi connectivity index (χ3n) is 1.77. The minimum atomic E-state index is -0.471. The Kier molecular flexibility index (Phi) is 6.40. The van der Waals surface area contributed by atoms with Gasteiger partial charge in [-0.15, -0.1) is 12.4 Å². The van der Waals surface area contributed by atoms with Crippen molar-refractivity contribution in [1.82, 2.24) is 10.7 Å². The third-order valence-corrected chi connectivity index (χ3v) is 1.77. The molecule has 0 aliphatic heterocycles. The van der Waals surface area contributed by atoms with Crippen LogP contribution < -0.4 is 16.6 Å². The lowest BCUT2D eigenvalue weighted by Crippen LogP contribution is -2.40. The summed E-state index contributed by atoms with van der Waals surface area (Å²) in [5.74, 6) is 4.58. The van der Waals surface area contributed by atoms with Crippen LogP contribution >= 0.6 is 12.4 Å². The largest absolute Gasteiger partial charge is 0.337 e. The molecule has 1 rings (SSSR count). The monoisotopic (exact) mass is 233 g/mol. The molecule has 0 atom stereocenters. The number of urea groups is 1. The van der Waals surface area contributed by atoms with Gasteiger partial charge in [-0.3, -0.25) is 5.43 Å². The molecule has 0 aliphatic carbocycles. The molecule has 84 valence electrons. The van der Waals surface area contributed by atoms with E-state index in [2.05, 4.69) is 5.32 Å². The Morgan fingerprint density at radius 2 is 2.07 bits per heavy atom. The van der Waals surface area contributed by atoms with E-state index in [4.69, 9.17) is 5.84 Å². The second kappa shape index (κ2) is 7.03. The molecule has 0 bridgehead atoms. The molecule has 0 radical (unpaired) electrons. The van der Waals surface area contributed by atoms with Crippen LogP contribution in [0, 0.1) is 5.82 Å². The van der Waals surface area contributed by atoms with E-state index in [1.807, 2.05) is 5.43 Å². The fraction of sp³-hybridized carbons (Fsp3) is 0.222. The van der Waals surface area contributed by atoms with Gasteiger partial charge in [0, 0.05) is 6.54 Å². The SMILES string of the molecule is Cl.NNC(=O)NCCc1ccccc1F. The highest BCUT2D eigenvalue weighted by Crippen LogP contribution is 2.05. The zero-order chi connectivity index (χ0) is 10.4. The van der Waals surface area contributed by atoms with Gasteiger partial charge >= 0.3 is 6.03 Å². The van der Waals surface area contributed by atoms with E-state index in [0.29, 0.717) is 18.5 Å². The van der Waals surface area contributed by atoms with Gasteiger partial charge < -0.3 is 5.32 Å². The average Bonchev–Trinajstić information content (AvgIpc) is 2.20. The standard InChI is InChI=1S/C9H12FN3O.ClH/c10-8-4-2-1-3-7(8)5-6-12-9(14)13-11;/h1-4H,5-6,11H2,(H2,12,13,14);1H. The fourth-order valence-electron chi connectivity index (χ4n) is 1.06. The molecule has 2 amide bonds. The lowest BCUT2D eigenvalue weighted by Gasteiger charge is -2.04. The summed E-state index contributed by atoms with van der Waals surface area (Å²) in [6, 6.07) is 5.97. The van der Waals surface area contributed by atoms with E-state index in [1.54, 1.807) is 18.2 Å². The van der Waals surface area contributed by atoms with Gasteiger partial charge in [0.1, 0.15) is 5.82 Å². The zero-order valence-corrected chi connectivity index (χ0v) is 8.81. The van der Waals surface area contributed by atoms with E-state index in [1.165, 1.54) is 6.07 Å². The smallest absolute Gasteiger partial charge is 0.328 e. The van der Waals surface area contributed by atoms with E-state index < -0.39 is 6.03 Å². The predicted molar refractivity (Wildman–Crippen MR) is 58.1 cm³/mol. The first-order chi connectivity index (χ1) is 6.74.